The molecular formula is C15H16N4O2S. The van der Waals surface area contributed by atoms with Gasteiger partial charge in [0.1, 0.15) is 16.5 Å². The number of anilines is 1. The number of rotatable bonds is 6. The molecule has 0 atom stereocenters. The Labute approximate surface area is 131 Å². The Hall–Kier alpha value is -2.09. The molecule has 7 heteroatoms. The molecule has 0 bridgehead atoms. The van der Waals surface area contributed by atoms with E-state index in [1.807, 2.05) is 29.6 Å². The Morgan fingerprint density at radius 3 is 2.73 bits per heavy atom. The first-order valence-corrected chi connectivity index (χ1v) is 7.80. The van der Waals surface area contributed by atoms with Crippen LogP contribution in [0.5, 0.6) is 0 Å². The normalized spacial score (nSPS) is 11.2. The second-order valence-electron chi connectivity index (χ2n) is 4.81. The Morgan fingerprint density at radius 1 is 1.14 bits per heavy atom. The van der Waals surface area contributed by atoms with Crippen LogP contribution in [0.15, 0.2) is 35.8 Å². The van der Waals surface area contributed by atoms with Gasteiger partial charge in [0, 0.05) is 6.20 Å². The van der Waals surface area contributed by atoms with Crippen molar-refractivity contribution in [3.8, 4) is 0 Å². The number of pyridine rings is 1. The summed E-state index contributed by atoms with van der Waals surface area (Å²) in [5.41, 5.74) is 0.909. The molecule has 6 nitrogen and oxygen atoms in total. The van der Waals surface area contributed by atoms with Crippen molar-refractivity contribution in [2.24, 2.45) is 0 Å². The quantitative estimate of drug-likeness (QED) is 0.642. The van der Waals surface area contributed by atoms with E-state index in [9.17, 15) is 10.2 Å². The van der Waals surface area contributed by atoms with Crippen LogP contribution >= 0.6 is 11.3 Å². The molecule has 3 N–H and O–H groups in total. The summed E-state index contributed by atoms with van der Waals surface area (Å²) in [7, 11) is 0. The Balaban J connectivity index is 1.91. The lowest BCUT2D eigenvalue weighted by Gasteiger charge is -2.12. The van der Waals surface area contributed by atoms with Gasteiger partial charge in [0.25, 0.3) is 0 Å². The summed E-state index contributed by atoms with van der Waals surface area (Å²) in [4.78, 5) is 14.0. The van der Waals surface area contributed by atoms with Gasteiger partial charge >= 0.3 is 0 Å². The maximum atomic E-state index is 9.33. The first-order chi connectivity index (χ1) is 10.8. The van der Waals surface area contributed by atoms with Crippen LogP contribution in [0.25, 0.3) is 10.2 Å². The van der Waals surface area contributed by atoms with Gasteiger partial charge in [-0.2, -0.15) is 0 Å². The first-order valence-electron chi connectivity index (χ1n) is 6.92. The topological polar surface area (TPSA) is 91.2 Å². The van der Waals surface area contributed by atoms with E-state index in [1.54, 1.807) is 6.20 Å². The molecule has 0 radical (unpaired) electrons. The number of nitrogens with zero attached hydrogens (tertiary/aromatic N) is 3. The van der Waals surface area contributed by atoms with Crippen LogP contribution < -0.4 is 5.32 Å². The van der Waals surface area contributed by atoms with Crippen LogP contribution in [0.4, 0.5) is 5.82 Å². The maximum absolute atomic E-state index is 9.33. The summed E-state index contributed by atoms with van der Waals surface area (Å²) in [5.74, 6) is 0.671. The fourth-order valence-corrected chi connectivity index (χ4v) is 2.86. The second kappa shape index (κ2) is 6.78. The predicted octanol–water partition coefficient (Wildman–Crippen LogP) is 1.77. The van der Waals surface area contributed by atoms with Crippen LogP contribution in [0.1, 0.15) is 17.4 Å². The van der Waals surface area contributed by atoms with Gasteiger partial charge in [-0.15, -0.1) is 11.3 Å². The molecule has 3 aromatic heterocycles. The molecule has 3 aromatic rings. The van der Waals surface area contributed by atoms with Gasteiger partial charge in [0.15, 0.2) is 0 Å². The monoisotopic (exact) mass is 316 g/mol. The van der Waals surface area contributed by atoms with Gasteiger partial charge in [-0.1, -0.05) is 6.07 Å². The highest BCUT2D eigenvalue weighted by Crippen LogP contribution is 2.27. The lowest BCUT2D eigenvalue weighted by atomic mass is 10.1. The summed E-state index contributed by atoms with van der Waals surface area (Å²) in [5, 5.41) is 24.8. The molecule has 3 rings (SSSR count). The van der Waals surface area contributed by atoms with Crippen molar-refractivity contribution in [1.82, 2.24) is 15.0 Å². The largest absolute Gasteiger partial charge is 0.396 e. The molecule has 0 amide bonds. The minimum Gasteiger partial charge on any atom is -0.396 e. The van der Waals surface area contributed by atoms with E-state index in [0.29, 0.717) is 18.2 Å². The lowest BCUT2D eigenvalue weighted by molar-refractivity contribution is 0.188. The zero-order chi connectivity index (χ0) is 15.4. The molecule has 114 valence electrons. The zero-order valence-corrected chi connectivity index (χ0v) is 12.6. The molecule has 0 aliphatic heterocycles. The van der Waals surface area contributed by atoms with Gasteiger partial charge < -0.3 is 15.5 Å². The minimum atomic E-state index is -0.470. The summed E-state index contributed by atoms with van der Waals surface area (Å²) in [6.07, 6.45) is 1.75. The molecule has 3 heterocycles. The van der Waals surface area contributed by atoms with E-state index in [-0.39, 0.29) is 13.2 Å². The Morgan fingerprint density at radius 2 is 2.00 bits per heavy atom. The molecule has 0 aliphatic rings. The molecule has 0 saturated carbocycles. The van der Waals surface area contributed by atoms with Crippen LogP contribution in [-0.2, 0) is 6.54 Å². The average molecular weight is 316 g/mol. The lowest BCUT2D eigenvalue weighted by Crippen LogP contribution is -2.14. The number of aliphatic hydroxyl groups excluding tert-OH is 2. The van der Waals surface area contributed by atoms with E-state index in [2.05, 4.69) is 20.3 Å². The zero-order valence-electron chi connectivity index (χ0n) is 11.8. The summed E-state index contributed by atoms with van der Waals surface area (Å²) >= 11 is 1.51. The van der Waals surface area contributed by atoms with Crippen molar-refractivity contribution in [3.63, 3.8) is 0 Å². The second-order valence-corrected chi connectivity index (χ2v) is 5.70. The molecule has 0 spiro atoms. The van der Waals surface area contributed by atoms with Crippen molar-refractivity contribution in [3.05, 3.63) is 47.4 Å². The molecular weight excluding hydrogens is 300 g/mol. The number of aromatic nitrogens is 3. The minimum absolute atomic E-state index is 0.187. The van der Waals surface area contributed by atoms with Crippen molar-refractivity contribution in [2.45, 2.75) is 12.5 Å². The van der Waals surface area contributed by atoms with Crippen molar-refractivity contribution >= 4 is 27.4 Å². The van der Waals surface area contributed by atoms with E-state index in [0.717, 1.165) is 15.9 Å². The molecule has 22 heavy (non-hydrogen) atoms. The molecule has 0 aliphatic carbocycles. The SMILES string of the molecule is OCC(CO)c1nc(NCc2ccccn2)c2ccsc2n1. The molecule has 0 aromatic carbocycles. The molecule has 0 fully saturated rings. The van der Waals surface area contributed by atoms with Gasteiger partial charge in [-0.3, -0.25) is 4.98 Å². The van der Waals surface area contributed by atoms with Crippen molar-refractivity contribution in [2.75, 3.05) is 18.5 Å². The number of nitrogens with one attached hydrogen (secondary N) is 1. The van der Waals surface area contributed by atoms with Crippen LogP contribution in [-0.4, -0.2) is 38.4 Å². The van der Waals surface area contributed by atoms with Gasteiger partial charge in [-0.05, 0) is 23.6 Å². The Kier molecular flexibility index (Phi) is 4.57. The highest BCUT2D eigenvalue weighted by Gasteiger charge is 2.16. The highest BCUT2D eigenvalue weighted by atomic mass is 32.1. The highest BCUT2D eigenvalue weighted by molar-refractivity contribution is 7.16. The number of hydrogen-bond donors (Lipinski definition) is 3. The van der Waals surface area contributed by atoms with E-state index >= 15 is 0 Å². The van der Waals surface area contributed by atoms with E-state index < -0.39 is 5.92 Å². The Bertz CT molecular complexity index is 744. The van der Waals surface area contributed by atoms with Crippen LogP contribution in [0, 0.1) is 0 Å². The van der Waals surface area contributed by atoms with Crippen molar-refractivity contribution in [1.29, 1.82) is 0 Å². The third-order valence-electron chi connectivity index (χ3n) is 3.31. The number of fused-ring (bicyclic) bond motifs is 1. The standard InChI is InChI=1S/C15H16N4O2S/c20-8-10(9-21)13-18-14(12-4-6-22-15(12)19-13)17-7-11-3-1-2-5-16-11/h1-6,10,20-21H,7-9H2,(H,17,18,19). The van der Waals surface area contributed by atoms with E-state index in [1.165, 1.54) is 11.3 Å². The fraction of sp³-hybridized carbons (Fsp3) is 0.267. The first kappa shape index (κ1) is 14.8. The van der Waals surface area contributed by atoms with Crippen molar-refractivity contribution < 1.29 is 10.2 Å². The third-order valence-corrected chi connectivity index (χ3v) is 4.12. The van der Waals surface area contributed by atoms with Gasteiger partial charge in [0.05, 0.1) is 36.8 Å². The third kappa shape index (κ3) is 3.06. The maximum Gasteiger partial charge on any atom is 0.140 e. The number of hydrogen-bond acceptors (Lipinski definition) is 7. The average Bonchev–Trinajstić information content (AvgIpc) is 3.03. The summed E-state index contributed by atoms with van der Waals surface area (Å²) in [6, 6.07) is 7.70. The molecule has 0 unspecified atom stereocenters. The number of aliphatic hydroxyl groups is 2. The fourth-order valence-electron chi connectivity index (χ4n) is 2.09. The summed E-state index contributed by atoms with van der Waals surface area (Å²) in [6.45, 7) is 0.172. The summed E-state index contributed by atoms with van der Waals surface area (Å²) < 4.78 is 0. The number of thiophene rings is 1. The van der Waals surface area contributed by atoms with Crippen LogP contribution in [0.3, 0.4) is 0 Å². The van der Waals surface area contributed by atoms with Crippen LogP contribution in [0.2, 0.25) is 0 Å². The predicted molar refractivity (Wildman–Crippen MR) is 85.9 cm³/mol. The van der Waals surface area contributed by atoms with Gasteiger partial charge in [0.2, 0.25) is 0 Å². The molecule has 0 saturated heterocycles. The smallest absolute Gasteiger partial charge is 0.140 e. The van der Waals surface area contributed by atoms with Gasteiger partial charge in [-0.25, -0.2) is 9.97 Å². The van der Waals surface area contributed by atoms with E-state index in [4.69, 9.17) is 0 Å².